The lowest BCUT2D eigenvalue weighted by atomic mass is 9.82. The van der Waals surface area contributed by atoms with Crippen LogP contribution in [0.5, 0.6) is 0 Å². The molecule has 0 bridgehead atoms. The van der Waals surface area contributed by atoms with Gasteiger partial charge in [0.05, 0.1) is 34.3 Å². The summed E-state index contributed by atoms with van der Waals surface area (Å²) in [6, 6.07) is 18.2. The predicted molar refractivity (Wildman–Crippen MR) is 152 cm³/mol. The van der Waals surface area contributed by atoms with Crippen LogP contribution in [0.1, 0.15) is 47.9 Å². The van der Waals surface area contributed by atoms with Crippen molar-refractivity contribution in [3.05, 3.63) is 99.3 Å². The number of carbonyl (C=O) groups is 2. The summed E-state index contributed by atoms with van der Waals surface area (Å²) in [5.74, 6) is -1.16. The molecule has 3 aromatic rings. The molecule has 2 atom stereocenters. The van der Waals surface area contributed by atoms with Crippen LogP contribution in [0.25, 0.3) is 0 Å². The Kier molecular flexibility index (Phi) is 8.61. The van der Waals surface area contributed by atoms with Crippen LogP contribution in [-0.2, 0) is 15.1 Å². The highest BCUT2D eigenvalue weighted by atomic mass is 35.5. The number of carbonyl (C=O) groups excluding carboxylic acids is 2. The van der Waals surface area contributed by atoms with E-state index in [9.17, 15) is 19.1 Å². The summed E-state index contributed by atoms with van der Waals surface area (Å²) in [7, 11) is 0. The van der Waals surface area contributed by atoms with Gasteiger partial charge in [-0.2, -0.15) is 0 Å². The average molecular weight is 586 g/mol. The second-order valence-electron chi connectivity index (χ2n) is 10.2. The summed E-state index contributed by atoms with van der Waals surface area (Å²) in [4.78, 5) is 28.0. The minimum absolute atomic E-state index is 0.230. The molecule has 2 heterocycles. The van der Waals surface area contributed by atoms with E-state index in [0.717, 1.165) is 11.1 Å². The fourth-order valence-electron chi connectivity index (χ4n) is 5.56. The molecule has 2 aliphatic heterocycles. The quantitative estimate of drug-likeness (QED) is 0.301. The van der Waals surface area contributed by atoms with Gasteiger partial charge in [0, 0.05) is 31.5 Å². The molecule has 10 heteroatoms. The number of anilines is 1. The number of hydrogen-bond donors (Lipinski definition) is 3. The van der Waals surface area contributed by atoms with Crippen LogP contribution in [0.4, 0.5) is 14.9 Å². The average Bonchev–Trinajstić information content (AvgIpc) is 2.95. The smallest absolute Gasteiger partial charge is 0.412 e. The minimum atomic E-state index is -0.888. The standard InChI is InChI=1S/C30H30Cl2FN3O4/c31-24-8-6-20(16-25(24)32)22(28(38)34-27(18-37)19-4-2-1-3-5-19)10-13-36-14-11-30(12-15-36)23-17-21(33)7-9-26(23)35-29(39)40-30/h1-9,16-17,22,27,37H,10-15,18H2,(H,34,38)(H,35,39). The topological polar surface area (TPSA) is 90.9 Å². The van der Waals surface area contributed by atoms with Gasteiger partial charge >= 0.3 is 6.09 Å². The van der Waals surface area contributed by atoms with Crippen LogP contribution in [0.15, 0.2) is 66.7 Å². The number of ether oxygens (including phenoxy) is 1. The van der Waals surface area contributed by atoms with Crippen LogP contribution in [0.2, 0.25) is 10.0 Å². The zero-order valence-corrected chi connectivity index (χ0v) is 23.2. The number of nitrogens with one attached hydrogen (secondary N) is 2. The molecule has 0 radical (unpaired) electrons. The van der Waals surface area contributed by atoms with Crippen molar-refractivity contribution in [1.82, 2.24) is 10.2 Å². The van der Waals surface area contributed by atoms with Gasteiger partial charge in [-0.1, -0.05) is 59.6 Å². The largest absolute Gasteiger partial charge is 0.438 e. The van der Waals surface area contributed by atoms with Crippen molar-refractivity contribution in [1.29, 1.82) is 0 Å². The van der Waals surface area contributed by atoms with E-state index < -0.39 is 23.7 Å². The summed E-state index contributed by atoms with van der Waals surface area (Å²) >= 11 is 12.4. The first-order chi connectivity index (χ1) is 19.3. The van der Waals surface area contributed by atoms with E-state index in [2.05, 4.69) is 15.5 Å². The van der Waals surface area contributed by atoms with Crippen molar-refractivity contribution in [2.75, 3.05) is 31.6 Å². The zero-order valence-electron chi connectivity index (χ0n) is 21.7. The van der Waals surface area contributed by atoms with Gasteiger partial charge in [-0.15, -0.1) is 0 Å². The Bertz CT molecular complexity index is 1380. The van der Waals surface area contributed by atoms with E-state index in [1.165, 1.54) is 12.1 Å². The Balaban J connectivity index is 1.30. The first-order valence-corrected chi connectivity index (χ1v) is 14.0. The molecule has 1 fully saturated rings. The number of piperidine rings is 1. The molecule has 40 heavy (non-hydrogen) atoms. The van der Waals surface area contributed by atoms with Gasteiger partial charge in [0.1, 0.15) is 11.4 Å². The number of fused-ring (bicyclic) bond motifs is 2. The van der Waals surface area contributed by atoms with Crippen LogP contribution >= 0.6 is 23.2 Å². The Morgan fingerprint density at radius 3 is 2.50 bits per heavy atom. The molecule has 1 spiro atoms. The van der Waals surface area contributed by atoms with Crippen LogP contribution in [0.3, 0.4) is 0 Å². The minimum Gasteiger partial charge on any atom is -0.438 e. The van der Waals surface area contributed by atoms with Crippen LogP contribution < -0.4 is 10.6 Å². The summed E-state index contributed by atoms with van der Waals surface area (Å²) < 4.78 is 19.8. The Morgan fingerprint density at radius 2 is 1.80 bits per heavy atom. The van der Waals surface area contributed by atoms with Gasteiger partial charge in [-0.25, -0.2) is 9.18 Å². The molecular weight excluding hydrogens is 556 g/mol. The maximum absolute atomic E-state index is 14.1. The van der Waals surface area contributed by atoms with E-state index in [4.69, 9.17) is 27.9 Å². The normalized spacial score (nSPS) is 17.9. The Morgan fingerprint density at radius 1 is 1.05 bits per heavy atom. The van der Waals surface area contributed by atoms with E-state index in [-0.39, 0.29) is 18.3 Å². The molecule has 2 unspecified atom stereocenters. The molecule has 2 amide bonds. The van der Waals surface area contributed by atoms with Crippen molar-refractivity contribution in [2.24, 2.45) is 0 Å². The molecule has 3 aromatic carbocycles. The predicted octanol–water partition coefficient (Wildman–Crippen LogP) is 6.01. The second kappa shape index (κ2) is 12.1. The van der Waals surface area contributed by atoms with Crippen molar-refractivity contribution in [3.8, 4) is 0 Å². The van der Waals surface area contributed by atoms with Crippen molar-refractivity contribution in [3.63, 3.8) is 0 Å². The van der Waals surface area contributed by atoms with E-state index >= 15 is 0 Å². The summed E-state index contributed by atoms with van der Waals surface area (Å²) in [5.41, 5.74) is 1.86. The van der Waals surface area contributed by atoms with Crippen molar-refractivity contribution in [2.45, 2.75) is 36.8 Å². The fourth-order valence-corrected chi connectivity index (χ4v) is 5.87. The summed E-state index contributed by atoms with van der Waals surface area (Å²) in [6.45, 7) is 1.55. The lowest BCUT2D eigenvalue weighted by Gasteiger charge is -2.44. The molecule has 0 aromatic heterocycles. The van der Waals surface area contributed by atoms with E-state index in [1.807, 2.05) is 30.3 Å². The monoisotopic (exact) mass is 585 g/mol. The number of hydrogen-bond acceptors (Lipinski definition) is 5. The van der Waals surface area contributed by atoms with Gasteiger partial charge in [0.25, 0.3) is 0 Å². The van der Waals surface area contributed by atoms with Crippen LogP contribution in [0, 0.1) is 5.82 Å². The third kappa shape index (κ3) is 6.10. The first kappa shape index (κ1) is 28.4. The number of aliphatic hydroxyl groups excluding tert-OH is 1. The number of rotatable bonds is 8. The number of nitrogens with zero attached hydrogens (tertiary/aromatic N) is 1. The molecule has 0 aliphatic carbocycles. The summed E-state index contributed by atoms with van der Waals surface area (Å²) in [6.07, 6.45) is 0.944. The Labute approximate surface area is 242 Å². The third-order valence-corrected chi connectivity index (χ3v) is 8.50. The Hall–Kier alpha value is -3.17. The zero-order chi connectivity index (χ0) is 28.3. The van der Waals surface area contributed by atoms with Gasteiger partial charge < -0.3 is 20.1 Å². The molecule has 210 valence electrons. The first-order valence-electron chi connectivity index (χ1n) is 13.2. The molecule has 5 rings (SSSR count). The number of halogens is 3. The molecule has 7 nitrogen and oxygen atoms in total. The highest BCUT2D eigenvalue weighted by Gasteiger charge is 2.44. The van der Waals surface area contributed by atoms with Gasteiger partial charge in [0.2, 0.25) is 5.91 Å². The lowest BCUT2D eigenvalue weighted by molar-refractivity contribution is -0.124. The van der Waals surface area contributed by atoms with Crippen LogP contribution in [-0.4, -0.2) is 48.2 Å². The number of likely N-dealkylation sites (tertiary alicyclic amines) is 1. The molecule has 0 saturated carbocycles. The molecule has 1 saturated heterocycles. The van der Waals surface area contributed by atoms with Crippen molar-refractivity contribution < 1.29 is 23.8 Å². The number of aliphatic hydroxyl groups is 1. The lowest BCUT2D eigenvalue weighted by Crippen LogP contribution is -2.48. The van der Waals surface area contributed by atoms with Gasteiger partial charge in [0.15, 0.2) is 0 Å². The van der Waals surface area contributed by atoms with E-state index in [1.54, 1.807) is 24.3 Å². The molecule has 3 N–H and O–H groups in total. The van der Waals surface area contributed by atoms with Gasteiger partial charge in [-0.05, 0) is 54.4 Å². The number of amides is 2. The second-order valence-corrected chi connectivity index (χ2v) is 11.0. The van der Waals surface area contributed by atoms with E-state index in [0.29, 0.717) is 60.2 Å². The van der Waals surface area contributed by atoms with Crippen molar-refractivity contribution >= 4 is 40.9 Å². The van der Waals surface area contributed by atoms with Gasteiger partial charge in [-0.3, -0.25) is 10.1 Å². The SMILES string of the molecule is O=C1Nc2ccc(F)cc2C2(CCN(CCC(C(=O)NC(CO)c3ccccc3)c3ccc(Cl)c(Cl)c3)CC2)O1. The maximum atomic E-state index is 14.1. The highest BCUT2D eigenvalue weighted by molar-refractivity contribution is 6.42. The maximum Gasteiger partial charge on any atom is 0.412 e. The molecule has 2 aliphatic rings. The summed E-state index contributed by atoms with van der Waals surface area (Å²) in [5, 5.41) is 16.4. The number of benzene rings is 3. The highest BCUT2D eigenvalue weighted by Crippen LogP contribution is 2.44. The molecular formula is C30H30Cl2FN3O4. The third-order valence-electron chi connectivity index (χ3n) is 7.76. The fraction of sp³-hybridized carbons (Fsp3) is 0.333.